The Bertz CT molecular complexity index is 1190. The zero-order valence-corrected chi connectivity index (χ0v) is 16.5. The van der Waals surface area contributed by atoms with Gasteiger partial charge in [-0.3, -0.25) is 0 Å². The highest BCUT2D eigenvalue weighted by molar-refractivity contribution is 5.81. The van der Waals surface area contributed by atoms with E-state index in [1.165, 1.54) is 6.08 Å². The van der Waals surface area contributed by atoms with Crippen LogP contribution in [0.1, 0.15) is 30.5 Å². The van der Waals surface area contributed by atoms with E-state index in [1.807, 2.05) is 60.7 Å². The highest BCUT2D eigenvalue weighted by Gasteiger charge is 2.09. The van der Waals surface area contributed by atoms with E-state index in [-0.39, 0.29) is 11.2 Å². The molecule has 3 aromatic rings. The van der Waals surface area contributed by atoms with E-state index >= 15 is 0 Å². The predicted molar refractivity (Wildman–Crippen MR) is 114 cm³/mol. The van der Waals surface area contributed by atoms with E-state index in [2.05, 4.69) is 18.7 Å². The molecule has 144 valence electrons. The minimum atomic E-state index is -0.357. The van der Waals surface area contributed by atoms with Crippen molar-refractivity contribution >= 4 is 22.7 Å². The fraction of sp³-hybridized carbons (Fsp3) is 0.208. The van der Waals surface area contributed by atoms with Crippen molar-refractivity contribution in [2.75, 3.05) is 18.0 Å². The molecule has 0 unspecified atom stereocenters. The first-order valence-corrected chi connectivity index (χ1v) is 9.50. The number of anilines is 1. The number of fused-ring (bicyclic) bond motifs is 1. The molecular weight excluding hydrogens is 362 g/mol. The molecular formula is C24H21N3O2. The number of benzene rings is 2. The van der Waals surface area contributed by atoms with Crippen LogP contribution in [-0.4, -0.2) is 13.1 Å². The Balaban J connectivity index is 1.94. The summed E-state index contributed by atoms with van der Waals surface area (Å²) in [6, 6.07) is 18.9. The average molecular weight is 383 g/mol. The van der Waals surface area contributed by atoms with E-state index < -0.39 is 0 Å². The van der Waals surface area contributed by atoms with Crippen molar-refractivity contribution in [2.24, 2.45) is 0 Å². The normalized spacial score (nSPS) is 10.2. The van der Waals surface area contributed by atoms with Crippen LogP contribution in [0, 0.1) is 22.7 Å². The molecule has 0 saturated carbocycles. The molecule has 0 aliphatic carbocycles. The summed E-state index contributed by atoms with van der Waals surface area (Å²) in [5.41, 5.74) is 3.50. The Hall–Kier alpha value is -3.83. The van der Waals surface area contributed by atoms with E-state index in [1.54, 1.807) is 0 Å². The predicted octanol–water partition coefficient (Wildman–Crippen LogP) is 4.66. The van der Waals surface area contributed by atoms with Gasteiger partial charge in [0.05, 0.1) is 0 Å². The van der Waals surface area contributed by atoms with Gasteiger partial charge in [0.25, 0.3) is 0 Å². The molecule has 0 saturated heterocycles. The van der Waals surface area contributed by atoms with Crippen LogP contribution in [0.2, 0.25) is 0 Å². The average Bonchev–Trinajstić information content (AvgIpc) is 2.74. The van der Waals surface area contributed by atoms with Crippen LogP contribution in [0.3, 0.4) is 0 Å². The molecule has 0 spiro atoms. The van der Waals surface area contributed by atoms with Gasteiger partial charge in [-0.1, -0.05) is 24.3 Å². The summed E-state index contributed by atoms with van der Waals surface area (Å²) in [7, 11) is 0. The van der Waals surface area contributed by atoms with Gasteiger partial charge in [-0.15, -0.1) is 0 Å². The molecule has 1 aromatic heterocycles. The molecule has 0 N–H and O–H groups in total. The lowest BCUT2D eigenvalue weighted by molar-refractivity contribution is 0.552. The van der Waals surface area contributed by atoms with Crippen LogP contribution in [0.5, 0.6) is 0 Å². The first-order chi connectivity index (χ1) is 14.1. The number of hydrogen-bond acceptors (Lipinski definition) is 5. The summed E-state index contributed by atoms with van der Waals surface area (Å²) in [5.74, 6) is 0. The van der Waals surface area contributed by atoms with Gasteiger partial charge in [0, 0.05) is 42.2 Å². The van der Waals surface area contributed by atoms with E-state index in [0.717, 1.165) is 35.3 Å². The molecule has 5 nitrogen and oxygen atoms in total. The Morgan fingerprint density at radius 2 is 1.83 bits per heavy atom. The second-order valence-corrected chi connectivity index (χ2v) is 6.66. The number of nitriles is 2. The standard InChI is InChI=1S/C24H21N3O2/c1-3-27(4-2)22-9-8-20-13-21(24(28)29-23(20)14-22)12-18-7-5-6-17(10-18)11-19(15-25)16-26/h5-11,13-14H,3-4,12H2,1-2H3. The topological polar surface area (TPSA) is 81.0 Å². The maximum Gasteiger partial charge on any atom is 0.339 e. The minimum Gasteiger partial charge on any atom is -0.422 e. The number of rotatable bonds is 6. The molecule has 0 aliphatic rings. The van der Waals surface area contributed by atoms with Gasteiger partial charge in [0.2, 0.25) is 0 Å². The Labute approximate surface area is 169 Å². The highest BCUT2D eigenvalue weighted by Crippen LogP contribution is 2.23. The largest absolute Gasteiger partial charge is 0.422 e. The van der Waals surface area contributed by atoms with E-state index in [9.17, 15) is 4.79 Å². The third kappa shape index (κ3) is 4.54. The molecule has 0 atom stereocenters. The lowest BCUT2D eigenvalue weighted by Crippen LogP contribution is -2.21. The van der Waals surface area contributed by atoms with Gasteiger partial charge in [-0.2, -0.15) is 10.5 Å². The maximum absolute atomic E-state index is 12.5. The fourth-order valence-corrected chi connectivity index (χ4v) is 3.32. The summed E-state index contributed by atoms with van der Waals surface area (Å²) in [4.78, 5) is 14.7. The van der Waals surface area contributed by atoms with E-state index in [4.69, 9.17) is 14.9 Å². The zero-order valence-electron chi connectivity index (χ0n) is 16.5. The van der Waals surface area contributed by atoms with Crippen molar-refractivity contribution in [3.8, 4) is 12.1 Å². The van der Waals surface area contributed by atoms with Crippen molar-refractivity contribution < 1.29 is 4.42 Å². The second-order valence-electron chi connectivity index (χ2n) is 6.66. The van der Waals surface area contributed by atoms with Crippen molar-refractivity contribution in [1.82, 2.24) is 0 Å². The van der Waals surface area contributed by atoms with Gasteiger partial charge in [0.15, 0.2) is 0 Å². The summed E-state index contributed by atoms with van der Waals surface area (Å²) in [6.45, 7) is 5.95. The molecule has 0 aliphatic heterocycles. The van der Waals surface area contributed by atoms with Crippen LogP contribution in [0.25, 0.3) is 17.0 Å². The second kappa shape index (κ2) is 8.91. The first-order valence-electron chi connectivity index (χ1n) is 9.50. The molecule has 0 amide bonds. The van der Waals surface area contributed by atoms with Gasteiger partial charge in [-0.05, 0) is 49.2 Å². The Kier molecular flexibility index (Phi) is 6.12. The number of nitrogens with zero attached hydrogens (tertiary/aromatic N) is 3. The van der Waals surface area contributed by atoms with Crippen molar-refractivity contribution in [1.29, 1.82) is 10.5 Å². The smallest absolute Gasteiger partial charge is 0.339 e. The van der Waals surface area contributed by atoms with Gasteiger partial charge < -0.3 is 9.32 Å². The quantitative estimate of drug-likeness (QED) is 0.457. The lowest BCUT2D eigenvalue weighted by atomic mass is 10.0. The highest BCUT2D eigenvalue weighted by atomic mass is 16.4. The maximum atomic E-state index is 12.5. The third-order valence-electron chi connectivity index (χ3n) is 4.82. The fourth-order valence-electron chi connectivity index (χ4n) is 3.32. The summed E-state index contributed by atoms with van der Waals surface area (Å²) >= 11 is 0. The van der Waals surface area contributed by atoms with Gasteiger partial charge >= 0.3 is 5.63 Å². The lowest BCUT2D eigenvalue weighted by Gasteiger charge is -2.21. The van der Waals surface area contributed by atoms with Gasteiger partial charge in [-0.25, -0.2) is 4.79 Å². The molecule has 0 fully saturated rings. The van der Waals surface area contributed by atoms with Crippen molar-refractivity contribution in [2.45, 2.75) is 20.3 Å². The monoisotopic (exact) mass is 383 g/mol. The third-order valence-corrected chi connectivity index (χ3v) is 4.82. The zero-order chi connectivity index (χ0) is 20.8. The summed E-state index contributed by atoms with van der Waals surface area (Å²) in [5, 5.41) is 18.7. The molecule has 0 radical (unpaired) electrons. The van der Waals surface area contributed by atoms with Crippen LogP contribution < -0.4 is 10.5 Å². The summed E-state index contributed by atoms with van der Waals surface area (Å²) < 4.78 is 5.59. The van der Waals surface area contributed by atoms with Crippen molar-refractivity contribution in [3.63, 3.8) is 0 Å². The van der Waals surface area contributed by atoms with Crippen LogP contribution in [0.4, 0.5) is 5.69 Å². The molecule has 3 rings (SSSR count). The molecule has 2 aromatic carbocycles. The number of hydrogen-bond donors (Lipinski definition) is 0. The molecule has 1 heterocycles. The molecule has 0 bridgehead atoms. The first kappa shape index (κ1) is 19.9. The Morgan fingerprint density at radius 3 is 2.52 bits per heavy atom. The molecule has 5 heteroatoms. The summed E-state index contributed by atoms with van der Waals surface area (Å²) in [6.07, 6.45) is 1.94. The van der Waals surface area contributed by atoms with Crippen LogP contribution in [0.15, 0.2) is 63.3 Å². The van der Waals surface area contributed by atoms with Crippen LogP contribution >= 0.6 is 0 Å². The Morgan fingerprint density at radius 1 is 1.07 bits per heavy atom. The van der Waals surface area contributed by atoms with Gasteiger partial charge in [0.1, 0.15) is 23.3 Å². The van der Waals surface area contributed by atoms with E-state index in [0.29, 0.717) is 17.6 Å². The number of allylic oxidation sites excluding steroid dienone is 1. The molecule has 29 heavy (non-hydrogen) atoms. The van der Waals surface area contributed by atoms with Crippen molar-refractivity contribution in [3.05, 3.63) is 81.2 Å². The minimum absolute atomic E-state index is 0.0383. The van der Waals surface area contributed by atoms with Crippen LogP contribution in [-0.2, 0) is 6.42 Å². The SMILES string of the molecule is CCN(CC)c1ccc2cc(Cc3cccc(C=C(C#N)C#N)c3)c(=O)oc2c1.